The van der Waals surface area contributed by atoms with Gasteiger partial charge in [0.1, 0.15) is 11.6 Å². The van der Waals surface area contributed by atoms with E-state index in [4.69, 9.17) is 4.98 Å². The van der Waals surface area contributed by atoms with Crippen molar-refractivity contribution in [3.63, 3.8) is 0 Å². The van der Waals surface area contributed by atoms with Gasteiger partial charge in [-0.25, -0.2) is 14.4 Å². The molecular formula is C23H26FN5O3. The van der Waals surface area contributed by atoms with E-state index in [1.165, 1.54) is 19.1 Å². The van der Waals surface area contributed by atoms with E-state index >= 15 is 0 Å². The predicted molar refractivity (Wildman–Crippen MR) is 115 cm³/mol. The van der Waals surface area contributed by atoms with Gasteiger partial charge >= 0.3 is 0 Å². The number of amides is 3. The summed E-state index contributed by atoms with van der Waals surface area (Å²) in [6.45, 7) is 4.02. The van der Waals surface area contributed by atoms with Crippen LogP contribution in [0.15, 0.2) is 24.3 Å². The first-order valence-corrected chi connectivity index (χ1v) is 10.8. The molecule has 1 atom stereocenters. The number of benzene rings is 1. The van der Waals surface area contributed by atoms with Crippen LogP contribution >= 0.6 is 0 Å². The third kappa shape index (κ3) is 4.46. The summed E-state index contributed by atoms with van der Waals surface area (Å²) in [6, 6.07) is 5.73. The third-order valence-corrected chi connectivity index (χ3v) is 5.96. The first-order chi connectivity index (χ1) is 15.3. The number of fused-ring (bicyclic) bond motifs is 1. The largest absolute Gasteiger partial charge is 0.347 e. The van der Waals surface area contributed by atoms with Crippen molar-refractivity contribution in [2.45, 2.75) is 52.1 Å². The van der Waals surface area contributed by atoms with Gasteiger partial charge < -0.3 is 10.2 Å². The number of carbonyl (C=O) groups is 3. The normalized spacial score (nSPS) is 18.0. The summed E-state index contributed by atoms with van der Waals surface area (Å²) >= 11 is 0. The van der Waals surface area contributed by atoms with Gasteiger partial charge in [-0.15, -0.1) is 0 Å². The maximum Gasteiger partial charge on any atom is 0.242 e. The second kappa shape index (κ2) is 9.02. The van der Waals surface area contributed by atoms with Crippen molar-refractivity contribution in [1.29, 1.82) is 0 Å². The Hall–Kier alpha value is -3.36. The van der Waals surface area contributed by atoms with Crippen LogP contribution in [0, 0.1) is 12.7 Å². The van der Waals surface area contributed by atoms with Gasteiger partial charge in [-0.2, -0.15) is 0 Å². The summed E-state index contributed by atoms with van der Waals surface area (Å²) in [5.74, 6) is 0.222. The SMILES string of the molecule is CC(=O)NCC(=O)N1CCCC[C@@H]1c1nc(C)c2c(n1)N(Cc1ccc(F)cc1)C(=O)C2. The summed E-state index contributed by atoms with van der Waals surface area (Å²) in [5, 5.41) is 2.56. The van der Waals surface area contributed by atoms with Crippen molar-refractivity contribution in [3.8, 4) is 0 Å². The topological polar surface area (TPSA) is 95.5 Å². The fourth-order valence-electron chi connectivity index (χ4n) is 4.28. The number of nitrogens with zero attached hydrogens (tertiary/aromatic N) is 4. The fraction of sp³-hybridized carbons (Fsp3) is 0.435. The average molecular weight is 439 g/mol. The molecule has 0 spiro atoms. The molecule has 168 valence electrons. The maximum absolute atomic E-state index is 13.3. The number of aryl methyl sites for hydroxylation is 1. The van der Waals surface area contributed by atoms with Crippen molar-refractivity contribution in [2.24, 2.45) is 0 Å². The van der Waals surface area contributed by atoms with Crippen LogP contribution in [0.4, 0.5) is 10.2 Å². The second-order valence-electron chi connectivity index (χ2n) is 8.26. The van der Waals surface area contributed by atoms with Crippen LogP contribution in [-0.2, 0) is 27.3 Å². The first-order valence-electron chi connectivity index (χ1n) is 10.8. The van der Waals surface area contributed by atoms with Crippen LogP contribution in [0.2, 0.25) is 0 Å². The Morgan fingerprint density at radius 1 is 1.19 bits per heavy atom. The van der Waals surface area contributed by atoms with Gasteiger partial charge in [-0.05, 0) is 43.9 Å². The Balaban J connectivity index is 1.63. The van der Waals surface area contributed by atoms with E-state index in [0.717, 1.165) is 36.1 Å². The highest BCUT2D eigenvalue weighted by atomic mass is 19.1. The Labute approximate surface area is 185 Å². The molecule has 1 fully saturated rings. The monoisotopic (exact) mass is 439 g/mol. The lowest BCUT2D eigenvalue weighted by Crippen LogP contribution is -2.44. The summed E-state index contributed by atoms with van der Waals surface area (Å²) in [6.07, 6.45) is 2.75. The number of aromatic nitrogens is 2. The lowest BCUT2D eigenvalue weighted by atomic mass is 10.0. The van der Waals surface area contributed by atoms with Gasteiger partial charge in [-0.3, -0.25) is 19.3 Å². The van der Waals surface area contributed by atoms with Gasteiger partial charge in [-0.1, -0.05) is 12.1 Å². The third-order valence-electron chi connectivity index (χ3n) is 5.96. The van der Waals surface area contributed by atoms with E-state index in [1.54, 1.807) is 21.9 Å². The fourth-order valence-corrected chi connectivity index (χ4v) is 4.28. The number of nitrogens with one attached hydrogen (secondary N) is 1. The highest BCUT2D eigenvalue weighted by molar-refractivity contribution is 6.00. The summed E-state index contributed by atoms with van der Waals surface area (Å²) in [5.41, 5.74) is 2.31. The van der Waals surface area contributed by atoms with Crippen LogP contribution in [0.5, 0.6) is 0 Å². The lowest BCUT2D eigenvalue weighted by molar-refractivity contribution is -0.136. The van der Waals surface area contributed by atoms with E-state index in [-0.39, 0.29) is 49.1 Å². The molecule has 2 aromatic rings. The minimum absolute atomic E-state index is 0.0645. The molecule has 3 amide bonds. The summed E-state index contributed by atoms with van der Waals surface area (Å²) in [4.78, 5) is 49.5. The van der Waals surface area contributed by atoms with Crippen molar-refractivity contribution in [2.75, 3.05) is 18.0 Å². The lowest BCUT2D eigenvalue weighted by Gasteiger charge is -2.35. The number of hydrogen-bond acceptors (Lipinski definition) is 5. The number of carbonyl (C=O) groups excluding carboxylic acids is 3. The van der Waals surface area contributed by atoms with Crippen LogP contribution in [-0.4, -0.2) is 45.7 Å². The molecule has 2 aliphatic rings. The molecule has 0 bridgehead atoms. The minimum Gasteiger partial charge on any atom is -0.347 e. The molecular weight excluding hydrogens is 413 g/mol. The Kier molecular flexibility index (Phi) is 6.16. The molecule has 4 rings (SSSR count). The van der Waals surface area contributed by atoms with Crippen LogP contribution in [0.3, 0.4) is 0 Å². The Bertz CT molecular complexity index is 1060. The average Bonchev–Trinajstić information content (AvgIpc) is 3.09. The molecule has 1 aromatic carbocycles. The van der Waals surface area contributed by atoms with Crippen molar-refractivity contribution < 1.29 is 18.8 Å². The van der Waals surface area contributed by atoms with E-state index in [1.807, 2.05) is 6.92 Å². The highest BCUT2D eigenvalue weighted by Gasteiger charge is 2.35. The molecule has 1 saturated heterocycles. The second-order valence-corrected chi connectivity index (χ2v) is 8.26. The van der Waals surface area contributed by atoms with Gasteiger partial charge in [0.05, 0.1) is 25.6 Å². The zero-order chi connectivity index (χ0) is 22.8. The highest BCUT2D eigenvalue weighted by Crippen LogP contribution is 2.35. The molecule has 0 aliphatic carbocycles. The molecule has 32 heavy (non-hydrogen) atoms. The number of piperidine rings is 1. The molecule has 0 saturated carbocycles. The van der Waals surface area contributed by atoms with Gasteiger partial charge in [0.2, 0.25) is 17.7 Å². The number of rotatable bonds is 5. The quantitative estimate of drug-likeness (QED) is 0.771. The minimum atomic E-state index is -0.330. The van der Waals surface area contributed by atoms with Crippen molar-refractivity contribution >= 4 is 23.5 Å². The van der Waals surface area contributed by atoms with Crippen molar-refractivity contribution in [3.05, 3.63) is 52.7 Å². The number of hydrogen-bond donors (Lipinski definition) is 1. The summed E-state index contributed by atoms with van der Waals surface area (Å²) < 4.78 is 13.3. The number of halogens is 1. The Morgan fingerprint density at radius 3 is 2.66 bits per heavy atom. The smallest absolute Gasteiger partial charge is 0.242 e. The molecule has 3 heterocycles. The molecule has 1 aromatic heterocycles. The zero-order valence-corrected chi connectivity index (χ0v) is 18.2. The predicted octanol–water partition coefficient (Wildman–Crippen LogP) is 2.20. The number of anilines is 1. The van der Waals surface area contributed by atoms with Crippen LogP contribution in [0.1, 0.15) is 54.9 Å². The van der Waals surface area contributed by atoms with E-state index in [9.17, 15) is 18.8 Å². The standard InChI is InChI=1S/C23H26FN5O3/c1-14-18-11-20(31)29(13-16-6-8-17(24)9-7-16)23(18)27-22(26-14)19-5-3-4-10-28(19)21(32)12-25-15(2)30/h6-9,19H,3-5,10-13H2,1-2H3,(H,25,30)/t19-/m1/s1. The van der Waals surface area contributed by atoms with Gasteiger partial charge in [0.15, 0.2) is 5.82 Å². The van der Waals surface area contributed by atoms with Crippen LogP contribution < -0.4 is 10.2 Å². The zero-order valence-electron chi connectivity index (χ0n) is 18.2. The first kappa shape index (κ1) is 21.9. The van der Waals surface area contributed by atoms with Gasteiger partial charge in [0, 0.05) is 24.7 Å². The van der Waals surface area contributed by atoms with E-state index < -0.39 is 0 Å². The molecule has 1 N–H and O–H groups in total. The molecule has 9 heteroatoms. The van der Waals surface area contributed by atoms with Gasteiger partial charge in [0.25, 0.3) is 0 Å². The maximum atomic E-state index is 13.3. The van der Waals surface area contributed by atoms with Crippen LogP contribution in [0.25, 0.3) is 0 Å². The molecule has 0 radical (unpaired) electrons. The number of likely N-dealkylation sites (tertiary alicyclic amines) is 1. The molecule has 2 aliphatic heterocycles. The van der Waals surface area contributed by atoms with E-state index in [0.29, 0.717) is 18.2 Å². The molecule has 8 nitrogen and oxygen atoms in total. The van der Waals surface area contributed by atoms with E-state index in [2.05, 4.69) is 10.3 Å². The van der Waals surface area contributed by atoms with Crippen molar-refractivity contribution in [1.82, 2.24) is 20.2 Å². The summed E-state index contributed by atoms with van der Waals surface area (Å²) in [7, 11) is 0. The Morgan fingerprint density at radius 2 is 1.94 bits per heavy atom. The molecule has 0 unspecified atom stereocenters.